The van der Waals surface area contributed by atoms with Gasteiger partial charge in [0.2, 0.25) is 17.2 Å². The normalized spacial score (nSPS) is 16.4. The number of piperidine rings is 1. The van der Waals surface area contributed by atoms with Crippen molar-refractivity contribution in [3.05, 3.63) is 5.28 Å². The number of nitrogens with zero attached hydrogens (tertiary/aromatic N) is 5. The smallest absolute Gasteiger partial charge is 0.231 e. The van der Waals surface area contributed by atoms with Crippen LogP contribution in [0, 0.1) is 0 Å². The Kier molecular flexibility index (Phi) is 4.65. The summed E-state index contributed by atoms with van der Waals surface area (Å²) in [5.41, 5.74) is -0.455. The molecule has 20 heavy (non-hydrogen) atoms. The van der Waals surface area contributed by atoms with Crippen molar-refractivity contribution in [3.8, 4) is 0 Å². The van der Waals surface area contributed by atoms with Gasteiger partial charge in [-0.15, -0.1) is 0 Å². The van der Waals surface area contributed by atoms with Gasteiger partial charge in [0, 0.05) is 20.1 Å². The molecule has 1 aliphatic rings. The van der Waals surface area contributed by atoms with Crippen LogP contribution >= 0.6 is 11.6 Å². The molecule has 0 saturated carbocycles. The molecule has 2 rings (SSSR count). The molecular formula is C13H22ClN5O. The van der Waals surface area contributed by atoms with Crippen molar-refractivity contribution in [1.82, 2.24) is 15.0 Å². The van der Waals surface area contributed by atoms with Gasteiger partial charge < -0.3 is 14.9 Å². The molecular weight excluding hydrogens is 278 g/mol. The Morgan fingerprint density at radius 3 is 2.45 bits per heavy atom. The van der Waals surface area contributed by atoms with Crippen molar-refractivity contribution in [2.75, 3.05) is 36.5 Å². The van der Waals surface area contributed by atoms with Crippen LogP contribution in [-0.4, -0.2) is 52.3 Å². The zero-order valence-corrected chi connectivity index (χ0v) is 13.1. The van der Waals surface area contributed by atoms with Crippen LogP contribution in [0.1, 0.15) is 33.1 Å². The minimum atomic E-state index is -0.455. The van der Waals surface area contributed by atoms with E-state index >= 15 is 0 Å². The van der Waals surface area contributed by atoms with Gasteiger partial charge in [-0.2, -0.15) is 15.0 Å². The Labute approximate surface area is 124 Å². The van der Waals surface area contributed by atoms with Gasteiger partial charge in [-0.05, 0) is 44.7 Å². The van der Waals surface area contributed by atoms with Crippen molar-refractivity contribution in [2.24, 2.45) is 0 Å². The van der Waals surface area contributed by atoms with E-state index in [9.17, 15) is 5.11 Å². The number of halogens is 1. The van der Waals surface area contributed by atoms with Gasteiger partial charge in [0.15, 0.2) is 0 Å². The summed E-state index contributed by atoms with van der Waals surface area (Å²) in [6.07, 6.45) is 3.55. The maximum absolute atomic E-state index is 9.46. The van der Waals surface area contributed by atoms with Gasteiger partial charge >= 0.3 is 0 Å². The highest BCUT2D eigenvalue weighted by atomic mass is 35.5. The first-order chi connectivity index (χ1) is 9.44. The van der Waals surface area contributed by atoms with E-state index in [4.69, 9.17) is 11.6 Å². The first-order valence-electron chi connectivity index (χ1n) is 6.95. The number of likely N-dealkylation sites (N-methyl/N-ethyl adjacent to an activating group) is 1. The van der Waals surface area contributed by atoms with Crippen molar-refractivity contribution >= 4 is 23.5 Å². The second-order valence-electron chi connectivity index (χ2n) is 5.78. The quantitative estimate of drug-likeness (QED) is 0.913. The molecule has 1 aromatic rings. The topological polar surface area (TPSA) is 65.4 Å². The minimum Gasteiger partial charge on any atom is -0.394 e. The summed E-state index contributed by atoms with van der Waals surface area (Å²) in [7, 11) is 1.85. The second kappa shape index (κ2) is 6.10. The molecule has 0 radical (unpaired) electrons. The summed E-state index contributed by atoms with van der Waals surface area (Å²) in [6.45, 7) is 5.75. The van der Waals surface area contributed by atoms with Crippen LogP contribution < -0.4 is 9.80 Å². The number of aliphatic hydroxyl groups is 1. The molecule has 6 nitrogen and oxygen atoms in total. The third-order valence-corrected chi connectivity index (χ3v) is 3.99. The molecule has 112 valence electrons. The maximum atomic E-state index is 9.46. The van der Waals surface area contributed by atoms with Crippen molar-refractivity contribution in [1.29, 1.82) is 0 Å². The van der Waals surface area contributed by atoms with Crippen LogP contribution in [0.25, 0.3) is 0 Å². The minimum absolute atomic E-state index is 0.00580. The van der Waals surface area contributed by atoms with Crippen LogP contribution in [0.3, 0.4) is 0 Å². The summed E-state index contributed by atoms with van der Waals surface area (Å²) in [5.74, 6) is 1.12. The van der Waals surface area contributed by atoms with E-state index in [1.807, 2.05) is 25.8 Å². The number of anilines is 2. The fourth-order valence-corrected chi connectivity index (χ4v) is 2.24. The van der Waals surface area contributed by atoms with Crippen molar-refractivity contribution < 1.29 is 5.11 Å². The SMILES string of the molecule is CN(c1nc(Cl)nc(N2CCCCC2)n1)C(C)(C)CO. The Hall–Kier alpha value is -1.14. The third kappa shape index (κ3) is 3.30. The first-order valence-corrected chi connectivity index (χ1v) is 7.33. The van der Waals surface area contributed by atoms with E-state index < -0.39 is 5.54 Å². The van der Waals surface area contributed by atoms with Gasteiger partial charge in [0.25, 0.3) is 0 Å². The molecule has 1 aliphatic heterocycles. The number of aliphatic hydroxyl groups excluding tert-OH is 1. The van der Waals surface area contributed by atoms with E-state index in [0.29, 0.717) is 11.9 Å². The zero-order valence-electron chi connectivity index (χ0n) is 12.3. The van der Waals surface area contributed by atoms with E-state index in [1.165, 1.54) is 6.42 Å². The van der Waals surface area contributed by atoms with Crippen LogP contribution in [-0.2, 0) is 0 Å². The fourth-order valence-electron chi connectivity index (χ4n) is 2.09. The van der Waals surface area contributed by atoms with Gasteiger partial charge in [0.05, 0.1) is 12.1 Å². The molecule has 1 N–H and O–H groups in total. The highest BCUT2D eigenvalue weighted by molar-refractivity contribution is 6.28. The maximum Gasteiger partial charge on any atom is 0.231 e. The average Bonchev–Trinajstić information content (AvgIpc) is 2.46. The molecule has 0 aromatic carbocycles. The molecule has 7 heteroatoms. The van der Waals surface area contributed by atoms with E-state index in [1.54, 1.807) is 0 Å². The second-order valence-corrected chi connectivity index (χ2v) is 6.12. The van der Waals surface area contributed by atoms with E-state index in [0.717, 1.165) is 25.9 Å². The van der Waals surface area contributed by atoms with Crippen LogP contribution in [0.15, 0.2) is 0 Å². The molecule has 2 heterocycles. The molecule has 0 unspecified atom stereocenters. The molecule has 0 spiro atoms. The highest BCUT2D eigenvalue weighted by Gasteiger charge is 2.26. The number of hydrogen-bond acceptors (Lipinski definition) is 6. The molecule has 0 atom stereocenters. The Morgan fingerprint density at radius 1 is 1.20 bits per heavy atom. The molecule has 0 amide bonds. The lowest BCUT2D eigenvalue weighted by molar-refractivity contribution is 0.215. The molecule has 0 aliphatic carbocycles. The van der Waals surface area contributed by atoms with Crippen molar-refractivity contribution in [3.63, 3.8) is 0 Å². The molecule has 1 saturated heterocycles. The summed E-state index contributed by atoms with van der Waals surface area (Å²) in [5, 5.41) is 9.65. The summed E-state index contributed by atoms with van der Waals surface area (Å²) in [6, 6.07) is 0. The fraction of sp³-hybridized carbons (Fsp3) is 0.769. The number of rotatable bonds is 4. The predicted molar refractivity (Wildman–Crippen MR) is 80.5 cm³/mol. The number of aromatic nitrogens is 3. The lowest BCUT2D eigenvalue weighted by atomic mass is 10.1. The molecule has 1 aromatic heterocycles. The number of hydrogen-bond donors (Lipinski definition) is 1. The third-order valence-electron chi connectivity index (χ3n) is 3.82. The highest BCUT2D eigenvalue weighted by Crippen LogP contribution is 2.23. The largest absolute Gasteiger partial charge is 0.394 e. The van der Waals surface area contributed by atoms with Gasteiger partial charge in [-0.1, -0.05) is 0 Å². The average molecular weight is 300 g/mol. The standard InChI is InChI=1S/C13H22ClN5O/c1-13(2,9-20)18(3)11-15-10(14)16-12(17-11)19-7-5-4-6-8-19/h20H,4-9H2,1-3H3. The van der Waals surface area contributed by atoms with Crippen molar-refractivity contribution in [2.45, 2.75) is 38.6 Å². The Morgan fingerprint density at radius 2 is 1.85 bits per heavy atom. The summed E-state index contributed by atoms with van der Waals surface area (Å²) in [4.78, 5) is 16.9. The lowest BCUT2D eigenvalue weighted by Gasteiger charge is -2.34. The Bertz CT molecular complexity index is 462. The van der Waals surface area contributed by atoms with Gasteiger partial charge in [-0.25, -0.2) is 0 Å². The summed E-state index contributed by atoms with van der Waals surface area (Å²) >= 11 is 6.03. The van der Waals surface area contributed by atoms with Gasteiger partial charge in [0.1, 0.15) is 0 Å². The summed E-state index contributed by atoms with van der Waals surface area (Å²) < 4.78 is 0. The zero-order chi connectivity index (χ0) is 14.8. The Balaban J connectivity index is 2.28. The van der Waals surface area contributed by atoms with Crippen LogP contribution in [0.4, 0.5) is 11.9 Å². The first kappa shape index (κ1) is 15.3. The molecule has 1 fully saturated rings. The predicted octanol–water partition coefficient (Wildman–Crippen LogP) is 1.72. The lowest BCUT2D eigenvalue weighted by Crippen LogP contribution is -2.45. The van der Waals surface area contributed by atoms with E-state index in [-0.39, 0.29) is 11.9 Å². The molecule has 0 bridgehead atoms. The van der Waals surface area contributed by atoms with E-state index in [2.05, 4.69) is 19.9 Å². The van der Waals surface area contributed by atoms with Crippen LogP contribution in [0.5, 0.6) is 0 Å². The van der Waals surface area contributed by atoms with Gasteiger partial charge in [-0.3, -0.25) is 0 Å². The van der Waals surface area contributed by atoms with Crippen LogP contribution in [0.2, 0.25) is 5.28 Å². The monoisotopic (exact) mass is 299 g/mol.